The van der Waals surface area contributed by atoms with Crippen molar-refractivity contribution in [2.45, 2.75) is 9.70 Å². The van der Waals surface area contributed by atoms with Crippen LogP contribution in [0.25, 0.3) is 0 Å². The monoisotopic (exact) mass is 218 g/mol. The summed E-state index contributed by atoms with van der Waals surface area (Å²) in [5, 5.41) is 1.13. The standard InChI is InChI=1S/2C5H5.CHO.Co/c2*1-2-4-5-3-1;1-2;/h2*1-5H;1H;. The number of carbonyl (C=O) groups is 1. The van der Waals surface area contributed by atoms with Crippen LogP contribution in [0.4, 0.5) is 0 Å². The number of allylic oxidation sites excluding steroid dienone is 8. The minimum atomic E-state index is -0.565. The Hall–Kier alpha value is -0.864. The van der Waals surface area contributed by atoms with Gasteiger partial charge in [-0.2, -0.15) is 0 Å². The molecule has 0 saturated heterocycles. The first-order chi connectivity index (χ1) is 6.42. The van der Waals surface area contributed by atoms with Crippen molar-refractivity contribution in [2.24, 2.45) is 0 Å². The van der Waals surface area contributed by atoms with Crippen LogP contribution in [0.15, 0.2) is 48.6 Å². The Morgan fingerprint density at radius 3 is 1.54 bits per heavy atom. The second-order valence-corrected chi connectivity index (χ2v) is 5.46. The van der Waals surface area contributed by atoms with Crippen molar-refractivity contribution in [2.75, 3.05) is 0 Å². The van der Waals surface area contributed by atoms with E-state index in [1.165, 1.54) is 0 Å². The Labute approximate surface area is 82.3 Å². The predicted octanol–water partition coefficient (Wildman–Crippen LogP) is 2.62. The van der Waals surface area contributed by atoms with Gasteiger partial charge in [0.1, 0.15) is 0 Å². The zero-order valence-corrected chi connectivity index (χ0v) is 8.13. The van der Waals surface area contributed by atoms with Crippen LogP contribution >= 0.6 is 0 Å². The third-order valence-corrected chi connectivity index (χ3v) is 4.66. The zero-order chi connectivity index (χ0) is 9.10. The van der Waals surface area contributed by atoms with Crippen molar-refractivity contribution in [3.63, 3.8) is 0 Å². The fourth-order valence-electron chi connectivity index (χ4n) is 1.34. The van der Waals surface area contributed by atoms with Gasteiger partial charge in [0.2, 0.25) is 0 Å². The van der Waals surface area contributed by atoms with Crippen molar-refractivity contribution < 1.29 is 18.4 Å². The van der Waals surface area contributed by atoms with Crippen molar-refractivity contribution in [3.05, 3.63) is 48.6 Å². The van der Waals surface area contributed by atoms with E-state index in [0.29, 0.717) is 9.70 Å². The van der Waals surface area contributed by atoms with Crippen molar-refractivity contribution in [1.29, 1.82) is 0 Å². The topological polar surface area (TPSA) is 17.1 Å². The normalized spacial score (nSPS) is 21.7. The van der Waals surface area contributed by atoms with E-state index < -0.39 is 13.7 Å². The van der Waals surface area contributed by atoms with E-state index in [9.17, 15) is 4.79 Å². The average molecular weight is 218 g/mol. The molecule has 0 aromatic heterocycles. The first-order valence-electron chi connectivity index (χ1n) is 4.15. The van der Waals surface area contributed by atoms with E-state index in [2.05, 4.69) is 24.3 Å². The molecular weight excluding hydrogens is 207 g/mol. The van der Waals surface area contributed by atoms with Crippen molar-refractivity contribution in [3.8, 4) is 0 Å². The van der Waals surface area contributed by atoms with Gasteiger partial charge < -0.3 is 0 Å². The Bertz CT molecular complexity index is 260. The van der Waals surface area contributed by atoms with Gasteiger partial charge in [-0.25, -0.2) is 0 Å². The first-order valence-corrected chi connectivity index (χ1v) is 5.95. The summed E-state index contributed by atoms with van der Waals surface area (Å²) in [5.41, 5.74) is 0. The van der Waals surface area contributed by atoms with Crippen LogP contribution in [0.2, 0.25) is 9.70 Å². The molecule has 2 heteroatoms. The van der Waals surface area contributed by atoms with Gasteiger partial charge in [-0.05, 0) is 0 Å². The Kier molecular flexibility index (Phi) is 2.61. The van der Waals surface area contributed by atoms with Crippen LogP contribution in [0.1, 0.15) is 0 Å². The Balaban J connectivity index is 2.12. The van der Waals surface area contributed by atoms with E-state index in [-0.39, 0.29) is 0 Å². The SMILES string of the molecule is O=[CH][Co]([CH]1C=CC=C1)[CH]1C=CC=C1. The minimum absolute atomic E-state index is 0.349. The number of hydrogen-bond acceptors (Lipinski definition) is 1. The van der Waals surface area contributed by atoms with Gasteiger partial charge >= 0.3 is 82.0 Å². The van der Waals surface area contributed by atoms with Crippen LogP contribution < -0.4 is 0 Å². The van der Waals surface area contributed by atoms with E-state index in [4.69, 9.17) is 0 Å². The van der Waals surface area contributed by atoms with Crippen LogP contribution in [0.3, 0.4) is 0 Å². The summed E-state index contributed by atoms with van der Waals surface area (Å²) in [6.07, 6.45) is 16.5. The molecule has 13 heavy (non-hydrogen) atoms. The van der Waals surface area contributed by atoms with E-state index in [1.807, 2.05) is 24.3 Å². The van der Waals surface area contributed by atoms with E-state index in [0.717, 1.165) is 5.22 Å². The molecule has 2 aliphatic rings. The van der Waals surface area contributed by atoms with Gasteiger partial charge in [-0.3, -0.25) is 0 Å². The summed E-state index contributed by atoms with van der Waals surface area (Å²) in [4.78, 5) is 11.7. The average Bonchev–Trinajstić information content (AvgIpc) is 2.76. The summed E-state index contributed by atoms with van der Waals surface area (Å²) < 4.78 is 0. The molecule has 70 valence electrons. The molecular formula is C11H11CoO. The summed E-state index contributed by atoms with van der Waals surface area (Å²) in [6.45, 7) is 0. The van der Waals surface area contributed by atoms with Gasteiger partial charge in [0.15, 0.2) is 0 Å². The van der Waals surface area contributed by atoms with Crippen LogP contribution in [0, 0.1) is 0 Å². The van der Waals surface area contributed by atoms with Gasteiger partial charge in [-0.15, -0.1) is 0 Å². The molecule has 0 bridgehead atoms. The van der Waals surface area contributed by atoms with Gasteiger partial charge in [-0.1, -0.05) is 0 Å². The maximum absolute atomic E-state index is 11.0. The zero-order valence-electron chi connectivity index (χ0n) is 7.09. The molecule has 0 amide bonds. The third kappa shape index (κ3) is 1.74. The van der Waals surface area contributed by atoms with Crippen LogP contribution in [-0.2, 0) is 18.4 Å². The molecule has 1 nitrogen and oxygen atoms in total. The Morgan fingerprint density at radius 2 is 1.23 bits per heavy atom. The second kappa shape index (κ2) is 3.90. The van der Waals surface area contributed by atoms with Crippen LogP contribution in [0.5, 0.6) is 0 Å². The quantitative estimate of drug-likeness (QED) is 0.665. The molecule has 0 atom stereocenters. The molecule has 0 heterocycles. The van der Waals surface area contributed by atoms with Gasteiger partial charge in [0.25, 0.3) is 0 Å². The second-order valence-electron chi connectivity index (χ2n) is 2.78. The third-order valence-electron chi connectivity index (χ3n) is 1.97. The molecule has 0 aliphatic heterocycles. The molecule has 0 aromatic carbocycles. The maximum atomic E-state index is 11.0. The molecule has 0 unspecified atom stereocenters. The molecule has 0 aromatic rings. The van der Waals surface area contributed by atoms with Crippen molar-refractivity contribution in [1.82, 2.24) is 0 Å². The molecule has 0 saturated carbocycles. The Morgan fingerprint density at radius 1 is 0.846 bits per heavy atom. The summed E-state index contributed by atoms with van der Waals surface area (Å²) in [5.74, 6) is 0. The molecule has 0 fully saturated rings. The number of carbonyl (C=O) groups excluding carboxylic acids is 1. The molecule has 0 N–H and O–H groups in total. The predicted molar refractivity (Wildman–Crippen MR) is 50.8 cm³/mol. The summed E-state index contributed by atoms with van der Waals surface area (Å²) >= 11 is -0.565. The van der Waals surface area contributed by atoms with Crippen molar-refractivity contribution >= 4 is 5.22 Å². The molecule has 0 radical (unpaired) electrons. The van der Waals surface area contributed by atoms with Crippen LogP contribution in [-0.4, -0.2) is 5.22 Å². The van der Waals surface area contributed by atoms with E-state index in [1.54, 1.807) is 0 Å². The first kappa shape index (κ1) is 8.72. The van der Waals surface area contributed by atoms with E-state index >= 15 is 0 Å². The summed E-state index contributed by atoms with van der Waals surface area (Å²) in [6, 6.07) is 0. The number of rotatable bonds is 3. The molecule has 2 aliphatic carbocycles. The summed E-state index contributed by atoms with van der Waals surface area (Å²) in [7, 11) is 0. The fourth-order valence-corrected chi connectivity index (χ4v) is 3.52. The van der Waals surface area contributed by atoms with Gasteiger partial charge in [0.05, 0.1) is 0 Å². The fraction of sp³-hybridized carbons (Fsp3) is 0.182. The number of hydrogen-bond donors (Lipinski definition) is 0. The molecule has 0 spiro atoms. The molecule has 2 rings (SSSR count). The van der Waals surface area contributed by atoms with Gasteiger partial charge in [0, 0.05) is 0 Å².